The van der Waals surface area contributed by atoms with Crippen molar-refractivity contribution in [3.8, 4) is 0 Å². The molecule has 2 aliphatic carbocycles. The number of hydrogen-bond acceptors (Lipinski definition) is 3. The number of nitrogens with zero attached hydrogens (tertiary/aromatic N) is 2. The quantitative estimate of drug-likeness (QED) is 0.140. The van der Waals surface area contributed by atoms with Gasteiger partial charge in [0, 0.05) is 26.7 Å². The Labute approximate surface area is 202 Å². The van der Waals surface area contributed by atoms with Gasteiger partial charge in [-0.15, -0.1) is 24.0 Å². The molecule has 4 rings (SSSR count). The number of hydrogen-bond donors (Lipinski definition) is 2. The molecule has 31 heavy (non-hydrogen) atoms. The summed E-state index contributed by atoms with van der Waals surface area (Å²) in [6.07, 6.45) is 6.90. The lowest BCUT2D eigenvalue weighted by atomic mass is 9.85. The van der Waals surface area contributed by atoms with Crippen LogP contribution in [0.5, 0.6) is 0 Å². The first-order valence-corrected chi connectivity index (χ1v) is 11.0. The van der Waals surface area contributed by atoms with Gasteiger partial charge in [0.15, 0.2) is 5.96 Å². The molecule has 0 spiro atoms. The van der Waals surface area contributed by atoms with Crippen molar-refractivity contribution < 1.29 is 9.59 Å². The van der Waals surface area contributed by atoms with E-state index in [0.717, 1.165) is 31.8 Å². The first-order valence-electron chi connectivity index (χ1n) is 11.0. The van der Waals surface area contributed by atoms with Crippen LogP contribution in [0.25, 0.3) is 0 Å². The van der Waals surface area contributed by atoms with Crippen molar-refractivity contribution in [2.45, 2.75) is 33.1 Å². The highest BCUT2D eigenvalue weighted by Crippen LogP contribution is 2.52. The van der Waals surface area contributed by atoms with Gasteiger partial charge in [0.2, 0.25) is 11.8 Å². The lowest BCUT2D eigenvalue weighted by Crippen LogP contribution is -2.40. The number of allylic oxidation sites excluding steroid dienone is 2. The van der Waals surface area contributed by atoms with Crippen LogP contribution in [0.15, 0.2) is 35.3 Å². The van der Waals surface area contributed by atoms with Crippen LogP contribution in [-0.2, 0) is 16.0 Å². The third-order valence-electron chi connectivity index (χ3n) is 6.62. The molecule has 4 unspecified atom stereocenters. The van der Waals surface area contributed by atoms with Gasteiger partial charge in [-0.2, -0.15) is 0 Å². The fourth-order valence-electron chi connectivity index (χ4n) is 5.39. The van der Waals surface area contributed by atoms with Crippen molar-refractivity contribution in [2.75, 3.05) is 26.7 Å². The van der Waals surface area contributed by atoms with E-state index in [0.29, 0.717) is 13.1 Å². The number of imide groups is 1. The van der Waals surface area contributed by atoms with Crippen LogP contribution in [0.3, 0.4) is 0 Å². The third kappa shape index (κ3) is 4.96. The molecule has 168 valence electrons. The van der Waals surface area contributed by atoms with Crippen LogP contribution in [0.1, 0.15) is 29.5 Å². The molecule has 1 aromatic carbocycles. The maximum Gasteiger partial charge on any atom is 0.233 e. The molecular formula is C24H33IN4O2. The lowest BCUT2D eigenvalue weighted by molar-refractivity contribution is -0.140. The van der Waals surface area contributed by atoms with E-state index in [9.17, 15) is 9.59 Å². The van der Waals surface area contributed by atoms with E-state index in [1.807, 2.05) is 0 Å². The summed E-state index contributed by atoms with van der Waals surface area (Å²) in [4.78, 5) is 31.2. The first kappa shape index (κ1) is 23.8. The number of nitrogens with one attached hydrogen (secondary N) is 2. The first-order chi connectivity index (χ1) is 14.5. The highest BCUT2D eigenvalue weighted by molar-refractivity contribution is 14.0. The van der Waals surface area contributed by atoms with Crippen molar-refractivity contribution in [3.63, 3.8) is 0 Å². The number of aliphatic imine (C=N–C) groups is 1. The highest BCUT2D eigenvalue weighted by Gasteiger charge is 2.58. The summed E-state index contributed by atoms with van der Waals surface area (Å²) >= 11 is 0. The number of benzene rings is 1. The second-order valence-electron chi connectivity index (χ2n) is 8.85. The predicted octanol–water partition coefficient (Wildman–Crippen LogP) is 2.83. The molecule has 0 radical (unpaired) electrons. The molecule has 2 fully saturated rings. The van der Waals surface area contributed by atoms with Gasteiger partial charge in [-0.05, 0) is 50.5 Å². The van der Waals surface area contributed by atoms with Crippen molar-refractivity contribution in [1.82, 2.24) is 15.5 Å². The summed E-state index contributed by atoms with van der Waals surface area (Å²) in [5.74, 6) is 1.19. The molecule has 6 nitrogen and oxygen atoms in total. The molecule has 1 saturated heterocycles. The number of amides is 2. The van der Waals surface area contributed by atoms with Gasteiger partial charge in [-0.3, -0.25) is 19.5 Å². The number of carbonyl (C=O) groups is 2. The summed E-state index contributed by atoms with van der Waals surface area (Å²) in [5.41, 5.74) is 3.88. The second kappa shape index (κ2) is 10.1. The minimum atomic E-state index is -0.0971. The summed E-state index contributed by atoms with van der Waals surface area (Å²) in [5, 5.41) is 6.63. The van der Waals surface area contributed by atoms with Gasteiger partial charge in [-0.1, -0.05) is 41.5 Å². The molecule has 2 N–H and O–H groups in total. The topological polar surface area (TPSA) is 73.8 Å². The summed E-state index contributed by atoms with van der Waals surface area (Å²) in [6.45, 7) is 6.19. The van der Waals surface area contributed by atoms with Crippen molar-refractivity contribution >= 4 is 41.8 Å². The number of halogens is 1. The van der Waals surface area contributed by atoms with Gasteiger partial charge < -0.3 is 10.6 Å². The lowest BCUT2D eigenvalue weighted by Gasteiger charge is -2.18. The van der Waals surface area contributed by atoms with E-state index in [4.69, 9.17) is 0 Å². The van der Waals surface area contributed by atoms with Crippen LogP contribution < -0.4 is 10.6 Å². The molecule has 1 saturated carbocycles. The molecule has 1 aromatic rings. The second-order valence-corrected chi connectivity index (χ2v) is 8.85. The van der Waals surface area contributed by atoms with Crippen molar-refractivity contribution in [2.24, 2.45) is 28.7 Å². The third-order valence-corrected chi connectivity index (χ3v) is 6.62. The Morgan fingerprint density at radius 3 is 2.16 bits per heavy atom. The Morgan fingerprint density at radius 1 is 1.00 bits per heavy atom. The maximum atomic E-state index is 12.7. The van der Waals surface area contributed by atoms with E-state index in [2.05, 4.69) is 59.8 Å². The summed E-state index contributed by atoms with van der Waals surface area (Å²) < 4.78 is 0. The summed E-state index contributed by atoms with van der Waals surface area (Å²) in [6, 6.07) is 6.61. The van der Waals surface area contributed by atoms with Crippen LogP contribution >= 0.6 is 24.0 Å². The van der Waals surface area contributed by atoms with Crippen molar-refractivity contribution in [1.29, 1.82) is 0 Å². The van der Waals surface area contributed by atoms with Gasteiger partial charge in [0.25, 0.3) is 0 Å². The average Bonchev–Trinajstić information content (AvgIpc) is 3.38. The SMILES string of the molecule is CN=C(NCCCN1C(=O)C2C3C=CC(C3)C2C1=O)NCCc1cc(C)cc(C)c1.I. The van der Waals surface area contributed by atoms with Gasteiger partial charge in [-0.25, -0.2) is 0 Å². The molecule has 7 heteroatoms. The van der Waals surface area contributed by atoms with E-state index in [1.54, 1.807) is 7.05 Å². The highest BCUT2D eigenvalue weighted by atomic mass is 127. The minimum absolute atomic E-state index is 0. The minimum Gasteiger partial charge on any atom is -0.356 e. The van der Waals surface area contributed by atoms with E-state index in [-0.39, 0.29) is 59.5 Å². The monoisotopic (exact) mass is 536 g/mol. The molecule has 4 atom stereocenters. The van der Waals surface area contributed by atoms with Crippen LogP contribution in [0.4, 0.5) is 0 Å². The molecular weight excluding hydrogens is 503 g/mol. The Kier molecular flexibility index (Phi) is 7.78. The Bertz CT molecular complexity index is 847. The van der Waals surface area contributed by atoms with Crippen LogP contribution in [0.2, 0.25) is 0 Å². The van der Waals surface area contributed by atoms with E-state index < -0.39 is 0 Å². The van der Waals surface area contributed by atoms with Gasteiger partial charge in [0.1, 0.15) is 0 Å². The zero-order valence-electron chi connectivity index (χ0n) is 18.6. The molecule has 3 aliphatic rings. The molecule has 1 heterocycles. The molecule has 1 aliphatic heterocycles. The van der Waals surface area contributed by atoms with Crippen LogP contribution in [0, 0.1) is 37.5 Å². The van der Waals surface area contributed by atoms with Crippen LogP contribution in [-0.4, -0.2) is 49.4 Å². The van der Waals surface area contributed by atoms with Gasteiger partial charge in [0.05, 0.1) is 11.8 Å². The fourth-order valence-corrected chi connectivity index (χ4v) is 5.39. The molecule has 2 bridgehead atoms. The largest absolute Gasteiger partial charge is 0.356 e. The number of carbonyl (C=O) groups excluding carboxylic acids is 2. The van der Waals surface area contributed by atoms with E-state index >= 15 is 0 Å². The number of rotatable bonds is 7. The zero-order chi connectivity index (χ0) is 21.3. The van der Waals surface area contributed by atoms with E-state index in [1.165, 1.54) is 21.6 Å². The molecule has 2 amide bonds. The average molecular weight is 536 g/mol. The number of guanidine groups is 1. The Hall–Kier alpha value is -1.90. The number of fused-ring (bicyclic) bond motifs is 5. The molecule has 0 aromatic heterocycles. The predicted molar refractivity (Wildman–Crippen MR) is 133 cm³/mol. The fraction of sp³-hybridized carbons (Fsp3) is 0.542. The number of likely N-dealkylation sites (tertiary alicyclic amines) is 1. The maximum absolute atomic E-state index is 12.7. The smallest absolute Gasteiger partial charge is 0.233 e. The summed E-state index contributed by atoms with van der Waals surface area (Å²) in [7, 11) is 1.75. The standard InChI is InChI=1S/C24H32N4O2.HI/c1-15-11-16(2)13-17(12-15)7-9-27-24(25-3)26-8-4-10-28-22(29)20-18-5-6-19(14-18)21(20)23(28)30;/h5-6,11-13,18-21H,4,7-10,14H2,1-3H3,(H2,25,26,27);1H. The number of aryl methyl sites for hydroxylation is 2. The normalized spacial score (nSPS) is 26.3. The Morgan fingerprint density at radius 2 is 1.58 bits per heavy atom. The van der Waals surface area contributed by atoms with Gasteiger partial charge >= 0.3 is 0 Å². The van der Waals surface area contributed by atoms with Crippen molar-refractivity contribution in [3.05, 3.63) is 47.0 Å². The zero-order valence-corrected chi connectivity index (χ0v) is 20.9. The Balaban J connectivity index is 0.00000272.